The molecule has 0 radical (unpaired) electrons. The molecule has 0 aromatic rings. The maximum Gasteiger partial charge on any atom is 0.364 e. The minimum atomic E-state index is -3.61. The fraction of sp³-hybridized carbons (Fsp3) is 0.881. The zero-order valence-corrected chi connectivity index (χ0v) is 57.6. The fourth-order valence-electron chi connectivity index (χ4n) is 13.6. The molecule has 622 valence electrons. The summed E-state index contributed by atoms with van der Waals surface area (Å²) in [4.78, 5) is 91.9. The van der Waals surface area contributed by atoms with Crippen LogP contribution in [-0.4, -0.2) is 447 Å². The van der Waals surface area contributed by atoms with E-state index in [1.807, 2.05) is 0 Å². The highest BCUT2D eigenvalue weighted by Crippen LogP contribution is 2.44. The summed E-state index contributed by atoms with van der Waals surface area (Å²) in [6, 6.07) is -8.00. The van der Waals surface area contributed by atoms with Gasteiger partial charge in [-0.3, -0.25) is 19.2 Å². The number of hydrogen-bond acceptors (Lipinski definition) is 42. The minimum Gasteiger partial charge on any atom is -0.477 e. The van der Waals surface area contributed by atoms with Crippen LogP contribution in [-0.2, 0) is 95.1 Å². The Morgan fingerprint density at radius 3 is 1.11 bits per heavy atom. The van der Waals surface area contributed by atoms with Gasteiger partial charge in [0.05, 0.1) is 82.7 Å². The lowest BCUT2D eigenvalue weighted by molar-refractivity contribution is -0.405. The second-order valence-electron chi connectivity index (χ2n) is 26.8. The van der Waals surface area contributed by atoms with Crippen molar-refractivity contribution in [2.45, 2.75) is 278 Å². The average Bonchev–Trinajstić information content (AvgIpc) is 0.752. The van der Waals surface area contributed by atoms with E-state index >= 15 is 0 Å². The summed E-state index contributed by atoms with van der Waals surface area (Å²) in [6.07, 6.45) is -78.7. The number of aliphatic carboxylic acids is 3. The maximum atomic E-state index is 13.9. The predicted octanol–water partition coefficient (Wildman–Crippen LogP) is -18.1. The van der Waals surface area contributed by atoms with Crippen molar-refractivity contribution >= 4 is 41.5 Å². The van der Waals surface area contributed by atoms with Gasteiger partial charge >= 0.3 is 17.9 Å². The molecule has 0 spiro atoms. The molecule has 7 aliphatic heterocycles. The van der Waals surface area contributed by atoms with Gasteiger partial charge in [-0.2, -0.15) is 0 Å². The van der Waals surface area contributed by atoms with Crippen LogP contribution in [0, 0.1) is 0 Å². The molecule has 0 saturated carbocycles. The molecule has 0 aromatic carbocycles. The van der Waals surface area contributed by atoms with Gasteiger partial charge in [0.15, 0.2) is 25.2 Å². The van der Waals surface area contributed by atoms with Gasteiger partial charge < -0.3 is 211 Å². The molecule has 1 unspecified atom stereocenters. The van der Waals surface area contributed by atoms with Crippen LogP contribution in [0.25, 0.3) is 0 Å². The third-order valence-electron chi connectivity index (χ3n) is 19.1. The average molecular weight is 1580 g/mol. The highest BCUT2D eigenvalue weighted by molar-refractivity contribution is 5.78. The van der Waals surface area contributed by atoms with Gasteiger partial charge in [0.25, 0.3) is 17.4 Å². The van der Waals surface area contributed by atoms with Crippen LogP contribution >= 0.6 is 0 Å². The maximum absolute atomic E-state index is 13.9. The summed E-state index contributed by atoms with van der Waals surface area (Å²) in [6.45, 7) is -5.97. The zero-order chi connectivity index (χ0) is 80.8. The van der Waals surface area contributed by atoms with Gasteiger partial charge in [-0.25, -0.2) is 14.4 Å². The first-order valence-corrected chi connectivity index (χ1v) is 33.5. The predicted molar refractivity (Wildman–Crippen MR) is 330 cm³/mol. The van der Waals surface area contributed by atoms with Gasteiger partial charge in [-0.1, -0.05) is 0 Å². The van der Waals surface area contributed by atoms with Crippen LogP contribution in [0.5, 0.6) is 0 Å². The molecule has 0 aromatic heterocycles. The van der Waals surface area contributed by atoms with E-state index in [1.54, 1.807) is 0 Å². The summed E-state index contributed by atoms with van der Waals surface area (Å²) in [7, 11) is 0. The Hall–Kier alpha value is -5.11. The lowest BCUT2D eigenvalue weighted by Crippen LogP contribution is -2.73. The molecule has 4 amide bonds. The lowest BCUT2D eigenvalue weighted by Gasteiger charge is -2.53. The number of nitrogens with one attached hydrogen (secondary N) is 4. The number of carbonyl (C=O) groups is 7. The van der Waals surface area contributed by atoms with E-state index in [0.29, 0.717) is 0 Å². The molecule has 29 N–H and O–H groups in total. The minimum absolute atomic E-state index is 0.759. The SMILES string of the molecule is CC(=O)N[C@H]1[C@H](O[C@@H]2[C@H](O[C@]3(C(=O)O)C[C@H](O)[C@@H](NC(C)=O)[C@H]([C@H](O)[C@H](O)CO)O3)[C@@H](O)[C@H](O[C@H]3[C@H](O)[C@@H](O)C(O)O[C@@H]3CO)O[C@@H]2CO)O[C@H](CO[C@]2(C(=O)O)C[C@H](O)[C@@H](NC(C)=O)[C@H]([C@H](O)[C@H](O)CO)O2)[C@H](O)[C@@H]1O[C@@H]1O[C@H](CO)[C@H](O)[C@H](O[C@]2(C(=O)O)C[C@H](O)[C@@H](NC(C)=O)[C@H]([C@H](O)[C@H](O)CO)O2)[C@H]1O. The molecule has 0 aliphatic carbocycles. The van der Waals surface area contributed by atoms with E-state index in [2.05, 4.69) is 21.3 Å². The fourth-order valence-corrected chi connectivity index (χ4v) is 13.6. The summed E-state index contributed by atoms with van der Waals surface area (Å²) < 4.78 is 76.4. The van der Waals surface area contributed by atoms with Gasteiger partial charge in [0, 0.05) is 47.0 Å². The van der Waals surface area contributed by atoms with Crippen molar-refractivity contribution in [1.82, 2.24) is 21.3 Å². The Labute approximate surface area is 609 Å². The van der Waals surface area contributed by atoms with E-state index in [9.17, 15) is 161 Å². The number of carboxylic acid groups (broad SMARTS) is 3. The van der Waals surface area contributed by atoms with Gasteiger partial charge in [-0.15, -0.1) is 0 Å². The largest absolute Gasteiger partial charge is 0.477 e. The third kappa shape index (κ3) is 19.6. The van der Waals surface area contributed by atoms with E-state index in [4.69, 9.17) is 61.6 Å². The van der Waals surface area contributed by atoms with Gasteiger partial charge in [-0.05, 0) is 0 Å². The molecule has 7 aliphatic rings. The quantitative estimate of drug-likeness (QED) is 0.0297. The Kier molecular flexibility index (Phi) is 31.4. The summed E-state index contributed by atoms with van der Waals surface area (Å²) >= 11 is 0. The monoisotopic (exact) mass is 1580 g/mol. The molecule has 7 rings (SSSR count). The Bertz CT molecular complexity index is 3010. The smallest absolute Gasteiger partial charge is 0.364 e. The highest BCUT2D eigenvalue weighted by Gasteiger charge is 2.65. The van der Waals surface area contributed by atoms with Crippen LogP contribution in [0.4, 0.5) is 0 Å². The van der Waals surface area contributed by atoms with E-state index in [1.165, 1.54) is 0 Å². The number of amides is 4. The van der Waals surface area contributed by atoms with E-state index in [0.717, 1.165) is 27.7 Å². The first-order chi connectivity index (χ1) is 50.5. The van der Waals surface area contributed by atoms with Crippen molar-refractivity contribution in [3.8, 4) is 0 Å². The van der Waals surface area contributed by atoms with E-state index < -0.39 is 339 Å². The number of hydrogen-bond donors (Lipinski definition) is 29. The Morgan fingerprint density at radius 1 is 0.380 bits per heavy atom. The van der Waals surface area contributed by atoms with Crippen molar-refractivity contribution in [1.29, 1.82) is 0 Å². The van der Waals surface area contributed by atoms with Crippen LogP contribution in [0.2, 0.25) is 0 Å². The molecule has 7 saturated heterocycles. The Morgan fingerprint density at radius 2 is 0.713 bits per heavy atom. The molecular formula is C59H96N4O45. The molecular weight excluding hydrogens is 1480 g/mol. The van der Waals surface area contributed by atoms with Crippen LogP contribution in [0.15, 0.2) is 0 Å². The molecule has 7 heterocycles. The first kappa shape index (κ1) is 90.1. The Balaban J connectivity index is 1.40. The molecule has 38 atom stereocenters. The van der Waals surface area contributed by atoms with Crippen LogP contribution in [0.3, 0.4) is 0 Å². The van der Waals surface area contributed by atoms with Gasteiger partial charge in [0.1, 0.15) is 153 Å². The molecule has 49 heteroatoms. The van der Waals surface area contributed by atoms with Crippen molar-refractivity contribution < 1.29 is 223 Å². The zero-order valence-electron chi connectivity index (χ0n) is 57.6. The summed E-state index contributed by atoms with van der Waals surface area (Å²) in [5.41, 5.74) is 0. The number of aliphatic hydroxyl groups is 22. The molecule has 7 fully saturated rings. The topological polar surface area (TPSA) is 793 Å². The normalized spacial score (nSPS) is 43.4. The van der Waals surface area contributed by atoms with Crippen LogP contribution < -0.4 is 21.3 Å². The second-order valence-corrected chi connectivity index (χ2v) is 26.8. The van der Waals surface area contributed by atoms with Crippen molar-refractivity contribution in [2.75, 3.05) is 46.2 Å². The molecule has 0 bridgehead atoms. The molecule has 108 heavy (non-hydrogen) atoms. The first-order valence-electron chi connectivity index (χ1n) is 33.5. The highest BCUT2D eigenvalue weighted by atomic mass is 16.8. The summed E-state index contributed by atoms with van der Waals surface area (Å²) in [5.74, 6) is -21.3. The number of ether oxygens (including phenoxy) is 13. The van der Waals surface area contributed by atoms with E-state index in [-0.39, 0.29) is 0 Å². The second kappa shape index (κ2) is 37.7. The third-order valence-corrected chi connectivity index (χ3v) is 19.1. The number of rotatable bonds is 32. The number of carboxylic acids is 3. The number of carbonyl (C=O) groups excluding carboxylic acids is 4. The lowest BCUT2D eigenvalue weighted by atomic mass is 9.88. The number of aliphatic hydroxyl groups excluding tert-OH is 22. The molecule has 49 nitrogen and oxygen atoms in total. The standard InChI is InChI=1S/C59H96N4O45/c1-15(70)60-29-19(74)5-57(54(90)91,104-45(29)33(80)22(77)8-64)96-14-28-37(84)44(103-52-40(87)48(36(83)25(11-67)98-52)107-58(55(92)93)6-20(75)30(61-16(2)71)46(105-58)34(81)23(78)9-65)32(63-18(4)73)51(100-28)102-43-27(13-69)99-53(101-42-26(12-68)97-50(89)39(86)38(42)85)41(88)49(43)108-59(56(94)95)7-21(76)31(62-17(3)72)47(106-59)35(82)24(79)10-66/h19-53,64-69,74-89H,5-14H2,1-4H3,(H,60,70)(H,61,71)(H,62,72)(H,63,73)(H,90,91)(H,92,93)(H,94,95)/t19-,20-,21-,22+,23+,24+,25+,26+,27+,28+,29+,30+,31+,32+,33+,34+,35+,36-,37-,38+,39+,40+,41+,42+,43-,44+,45+,46+,47+,48-,49+,50?,51-,52-,53-,57+,58-,59-/m0/s1. The van der Waals surface area contributed by atoms with Crippen molar-refractivity contribution in [2.24, 2.45) is 0 Å². The van der Waals surface area contributed by atoms with Crippen LogP contribution in [0.1, 0.15) is 47.0 Å². The van der Waals surface area contributed by atoms with Crippen molar-refractivity contribution in [3.05, 3.63) is 0 Å². The van der Waals surface area contributed by atoms with Crippen molar-refractivity contribution in [3.63, 3.8) is 0 Å². The van der Waals surface area contributed by atoms with Gasteiger partial charge in [0.2, 0.25) is 23.6 Å². The summed E-state index contributed by atoms with van der Waals surface area (Å²) in [5, 5.41) is 285.